The van der Waals surface area contributed by atoms with E-state index in [-0.39, 0.29) is 0 Å². The van der Waals surface area contributed by atoms with Crippen LogP contribution in [-0.4, -0.2) is 9.38 Å². The fourth-order valence-corrected chi connectivity index (χ4v) is 1.95. The van der Waals surface area contributed by atoms with Crippen LogP contribution >= 0.6 is 11.6 Å². The quantitative estimate of drug-likeness (QED) is 0.718. The molecular weight excluding hydrogens is 248 g/mol. The van der Waals surface area contributed by atoms with E-state index in [0.717, 1.165) is 17.1 Å². The van der Waals surface area contributed by atoms with Gasteiger partial charge in [0.05, 0.1) is 16.9 Å². The first-order valence-corrected chi connectivity index (χ1v) is 6.00. The van der Waals surface area contributed by atoms with E-state index < -0.39 is 0 Å². The van der Waals surface area contributed by atoms with Gasteiger partial charge in [0.15, 0.2) is 0 Å². The van der Waals surface area contributed by atoms with Crippen LogP contribution in [0, 0.1) is 0 Å². The van der Waals surface area contributed by atoms with Gasteiger partial charge in [0, 0.05) is 6.20 Å². The zero-order chi connectivity index (χ0) is 12.4. The van der Waals surface area contributed by atoms with Crippen LogP contribution in [-0.2, 0) is 6.61 Å². The topological polar surface area (TPSA) is 26.5 Å². The summed E-state index contributed by atoms with van der Waals surface area (Å²) in [6.07, 6.45) is 3.64. The van der Waals surface area contributed by atoms with Crippen molar-refractivity contribution in [2.45, 2.75) is 6.61 Å². The number of hydrogen-bond acceptors (Lipinski definition) is 2. The zero-order valence-corrected chi connectivity index (χ0v) is 10.3. The van der Waals surface area contributed by atoms with Crippen molar-refractivity contribution in [1.29, 1.82) is 0 Å². The average molecular weight is 259 g/mol. The summed E-state index contributed by atoms with van der Waals surface area (Å²) in [7, 11) is 0. The number of para-hydroxylation sites is 1. The molecule has 0 fully saturated rings. The summed E-state index contributed by atoms with van der Waals surface area (Å²) < 4.78 is 7.63. The molecule has 90 valence electrons. The van der Waals surface area contributed by atoms with Gasteiger partial charge in [-0.1, -0.05) is 29.8 Å². The van der Waals surface area contributed by atoms with Crippen LogP contribution in [0.25, 0.3) is 5.65 Å². The Morgan fingerprint density at radius 2 is 1.94 bits per heavy atom. The molecule has 0 N–H and O–H groups in total. The molecule has 0 aliphatic heterocycles. The summed E-state index contributed by atoms with van der Waals surface area (Å²) >= 11 is 5.98. The lowest BCUT2D eigenvalue weighted by molar-refractivity contribution is 0.300. The van der Waals surface area contributed by atoms with Crippen LogP contribution in [0.15, 0.2) is 54.9 Å². The molecule has 0 atom stereocenters. The Bertz CT molecular complexity index is 664. The molecule has 0 aliphatic rings. The summed E-state index contributed by atoms with van der Waals surface area (Å²) in [6.45, 7) is 0.464. The third kappa shape index (κ3) is 2.17. The van der Waals surface area contributed by atoms with E-state index in [2.05, 4.69) is 4.98 Å². The first-order valence-electron chi connectivity index (χ1n) is 5.62. The second-order valence-electron chi connectivity index (χ2n) is 3.93. The van der Waals surface area contributed by atoms with Gasteiger partial charge in [0.2, 0.25) is 0 Å². The Labute approximate surface area is 110 Å². The molecular formula is C14H11ClN2O. The second kappa shape index (κ2) is 4.70. The van der Waals surface area contributed by atoms with Crippen molar-refractivity contribution < 1.29 is 4.74 Å². The molecule has 18 heavy (non-hydrogen) atoms. The third-order valence-corrected chi connectivity index (χ3v) is 2.90. The predicted molar refractivity (Wildman–Crippen MR) is 71.0 cm³/mol. The van der Waals surface area contributed by atoms with Gasteiger partial charge in [-0.05, 0) is 24.3 Å². The van der Waals surface area contributed by atoms with Gasteiger partial charge >= 0.3 is 0 Å². The highest BCUT2D eigenvalue weighted by Crippen LogP contribution is 2.15. The number of hydrogen-bond donors (Lipinski definition) is 0. The number of benzene rings is 1. The zero-order valence-electron chi connectivity index (χ0n) is 9.58. The molecule has 3 rings (SSSR count). The van der Waals surface area contributed by atoms with Crippen LogP contribution in [0.2, 0.25) is 5.02 Å². The number of nitrogens with zero attached hydrogens (tertiary/aromatic N) is 2. The molecule has 1 aromatic carbocycles. The van der Waals surface area contributed by atoms with Crippen molar-refractivity contribution in [2.24, 2.45) is 0 Å². The number of rotatable bonds is 3. The number of halogens is 1. The highest BCUT2D eigenvalue weighted by Gasteiger charge is 2.04. The van der Waals surface area contributed by atoms with E-state index in [0.29, 0.717) is 11.6 Å². The highest BCUT2D eigenvalue weighted by molar-refractivity contribution is 6.30. The van der Waals surface area contributed by atoms with Gasteiger partial charge in [0.1, 0.15) is 18.0 Å². The highest BCUT2D eigenvalue weighted by atomic mass is 35.5. The lowest BCUT2D eigenvalue weighted by Gasteiger charge is -2.05. The second-order valence-corrected chi connectivity index (χ2v) is 4.36. The minimum Gasteiger partial charge on any atom is -0.487 e. The van der Waals surface area contributed by atoms with Crippen LogP contribution in [0.1, 0.15) is 5.69 Å². The molecule has 0 spiro atoms. The van der Waals surface area contributed by atoms with Crippen LogP contribution in [0.4, 0.5) is 0 Å². The average Bonchev–Trinajstić information content (AvgIpc) is 2.80. The maximum absolute atomic E-state index is 5.98. The van der Waals surface area contributed by atoms with Crippen LogP contribution in [0.5, 0.6) is 5.75 Å². The fraction of sp³-hybridized carbons (Fsp3) is 0.0714. The molecule has 3 aromatic rings. The van der Waals surface area contributed by atoms with Gasteiger partial charge in [-0.25, -0.2) is 4.98 Å². The molecule has 0 radical (unpaired) electrons. The SMILES string of the molecule is Clc1ccc2ncc(COc3ccccc3)n2c1. The first kappa shape index (κ1) is 11.1. The Hall–Kier alpha value is -2.00. The predicted octanol–water partition coefficient (Wildman–Crippen LogP) is 3.57. The normalized spacial score (nSPS) is 10.7. The molecule has 0 aliphatic carbocycles. The van der Waals surface area contributed by atoms with Crippen molar-refractivity contribution >= 4 is 17.2 Å². The van der Waals surface area contributed by atoms with Gasteiger partial charge in [-0.2, -0.15) is 0 Å². The Morgan fingerprint density at radius 1 is 1.11 bits per heavy atom. The largest absolute Gasteiger partial charge is 0.487 e. The molecule has 2 heterocycles. The van der Waals surface area contributed by atoms with E-state index in [4.69, 9.17) is 16.3 Å². The third-order valence-electron chi connectivity index (χ3n) is 2.68. The number of pyridine rings is 1. The lowest BCUT2D eigenvalue weighted by atomic mass is 10.3. The minimum absolute atomic E-state index is 0.464. The maximum atomic E-state index is 5.98. The van der Waals surface area contributed by atoms with Crippen molar-refractivity contribution in [3.63, 3.8) is 0 Å². The lowest BCUT2D eigenvalue weighted by Crippen LogP contribution is -1.99. The van der Waals surface area contributed by atoms with Gasteiger partial charge in [0.25, 0.3) is 0 Å². The maximum Gasteiger partial charge on any atom is 0.137 e. The van der Waals surface area contributed by atoms with Crippen molar-refractivity contribution in [3.05, 3.63) is 65.6 Å². The molecule has 3 nitrogen and oxygen atoms in total. The number of fused-ring (bicyclic) bond motifs is 1. The molecule has 0 saturated heterocycles. The van der Waals surface area contributed by atoms with E-state index in [1.807, 2.05) is 53.1 Å². The molecule has 0 unspecified atom stereocenters. The van der Waals surface area contributed by atoms with Crippen molar-refractivity contribution in [2.75, 3.05) is 0 Å². The smallest absolute Gasteiger partial charge is 0.137 e. The van der Waals surface area contributed by atoms with Crippen molar-refractivity contribution in [3.8, 4) is 5.75 Å². The molecule has 2 aromatic heterocycles. The molecule has 0 amide bonds. The number of imidazole rings is 1. The van der Waals surface area contributed by atoms with Crippen LogP contribution in [0.3, 0.4) is 0 Å². The van der Waals surface area contributed by atoms with Crippen molar-refractivity contribution in [1.82, 2.24) is 9.38 Å². The molecule has 0 saturated carbocycles. The van der Waals surface area contributed by atoms with Gasteiger partial charge < -0.3 is 4.74 Å². The van der Waals surface area contributed by atoms with Crippen LogP contribution < -0.4 is 4.74 Å². The van der Waals surface area contributed by atoms with Gasteiger partial charge in [-0.3, -0.25) is 4.40 Å². The summed E-state index contributed by atoms with van der Waals surface area (Å²) in [5.41, 5.74) is 1.84. The van der Waals surface area contributed by atoms with Gasteiger partial charge in [-0.15, -0.1) is 0 Å². The van der Waals surface area contributed by atoms with E-state index in [1.54, 1.807) is 6.20 Å². The standard InChI is InChI=1S/C14H11ClN2O/c15-11-6-7-14-16-8-12(17(14)9-11)10-18-13-4-2-1-3-5-13/h1-9H,10H2. The summed E-state index contributed by atoms with van der Waals surface area (Å²) in [6, 6.07) is 13.4. The summed E-state index contributed by atoms with van der Waals surface area (Å²) in [5.74, 6) is 0.842. The molecule has 4 heteroatoms. The number of aromatic nitrogens is 2. The Kier molecular flexibility index (Phi) is 2.90. The number of ether oxygens (including phenoxy) is 1. The summed E-state index contributed by atoms with van der Waals surface area (Å²) in [5, 5.41) is 0.682. The van der Waals surface area contributed by atoms with E-state index in [9.17, 15) is 0 Å². The summed E-state index contributed by atoms with van der Waals surface area (Å²) in [4.78, 5) is 4.30. The molecule has 0 bridgehead atoms. The monoisotopic (exact) mass is 258 g/mol. The van der Waals surface area contributed by atoms with E-state index in [1.165, 1.54) is 0 Å². The fourth-order valence-electron chi connectivity index (χ4n) is 1.79. The van der Waals surface area contributed by atoms with E-state index >= 15 is 0 Å². The minimum atomic E-state index is 0.464. The Morgan fingerprint density at radius 3 is 2.78 bits per heavy atom. The Balaban J connectivity index is 1.85. The first-order chi connectivity index (χ1) is 8.83.